The Kier molecular flexibility index (Phi) is 7.91. The lowest BCUT2D eigenvalue weighted by Gasteiger charge is -2.28. The number of thioether (sulfide) groups is 1. The van der Waals surface area contributed by atoms with Gasteiger partial charge in [-0.15, -0.1) is 0 Å². The zero-order valence-electron chi connectivity index (χ0n) is 17.8. The molecule has 33 heavy (non-hydrogen) atoms. The summed E-state index contributed by atoms with van der Waals surface area (Å²) < 4.78 is 44.9. The molecule has 2 aromatic rings. The van der Waals surface area contributed by atoms with Crippen molar-refractivity contribution in [2.45, 2.75) is 31.2 Å². The van der Waals surface area contributed by atoms with Gasteiger partial charge in [0, 0.05) is 19.2 Å². The van der Waals surface area contributed by atoms with E-state index in [1.165, 1.54) is 18.0 Å². The number of ether oxygens (including phenoxy) is 1. The van der Waals surface area contributed by atoms with Crippen molar-refractivity contribution >= 4 is 51.7 Å². The van der Waals surface area contributed by atoms with Crippen molar-refractivity contribution < 1.29 is 27.5 Å². The molecule has 0 spiro atoms. The average Bonchev–Trinajstić information content (AvgIpc) is 2.76. The summed E-state index contributed by atoms with van der Waals surface area (Å²) in [6.07, 6.45) is -3.84. The molecule has 1 N–H and O–H groups in total. The van der Waals surface area contributed by atoms with Gasteiger partial charge in [-0.2, -0.15) is 13.2 Å². The molecule has 2 amide bonds. The summed E-state index contributed by atoms with van der Waals surface area (Å²) in [7, 11) is 1.46. The number of amidine groups is 1. The van der Waals surface area contributed by atoms with Gasteiger partial charge in [-0.1, -0.05) is 30.3 Å². The van der Waals surface area contributed by atoms with E-state index in [4.69, 9.17) is 16.3 Å². The molecule has 11 heteroatoms. The first-order valence-electron chi connectivity index (χ1n) is 10.0. The second kappa shape index (κ2) is 10.5. The van der Waals surface area contributed by atoms with Crippen molar-refractivity contribution in [1.29, 1.82) is 0 Å². The lowest BCUT2D eigenvalue weighted by Crippen LogP contribution is -2.43. The molecule has 0 bridgehead atoms. The van der Waals surface area contributed by atoms with E-state index in [2.05, 4.69) is 10.3 Å². The molecule has 1 aliphatic heterocycles. The fourth-order valence-electron chi connectivity index (χ4n) is 2.89. The van der Waals surface area contributed by atoms with Gasteiger partial charge in [0.2, 0.25) is 11.8 Å². The maximum atomic E-state index is 13.1. The third kappa shape index (κ3) is 6.42. The van der Waals surface area contributed by atoms with E-state index in [1.54, 1.807) is 24.3 Å². The maximum absolute atomic E-state index is 13.1. The van der Waals surface area contributed by atoms with Crippen LogP contribution in [-0.2, 0) is 15.8 Å². The van der Waals surface area contributed by atoms with E-state index in [1.807, 2.05) is 6.92 Å². The Morgan fingerprint density at radius 2 is 1.97 bits per heavy atom. The number of anilines is 1. The van der Waals surface area contributed by atoms with Crippen LogP contribution in [0.15, 0.2) is 47.5 Å². The molecular formula is C22H21ClF3N3O3S. The number of alkyl halides is 3. The number of aliphatic imine (C=N–C) groups is 1. The third-order valence-corrected chi connectivity index (χ3v) is 6.21. The normalized spacial score (nSPS) is 17.9. The average molecular weight is 500 g/mol. The summed E-state index contributed by atoms with van der Waals surface area (Å²) in [6, 6.07) is 10.0. The van der Waals surface area contributed by atoms with Gasteiger partial charge in [-0.3, -0.25) is 14.5 Å². The van der Waals surface area contributed by atoms with Crippen molar-refractivity contribution in [3.8, 4) is 5.75 Å². The molecule has 0 saturated carbocycles. The van der Waals surface area contributed by atoms with Crippen molar-refractivity contribution in [3.05, 3.63) is 53.1 Å². The number of nitrogens with zero attached hydrogens (tertiary/aromatic N) is 2. The molecule has 0 aromatic heterocycles. The van der Waals surface area contributed by atoms with Crippen LogP contribution in [-0.4, -0.2) is 40.8 Å². The van der Waals surface area contributed by atoms with E-state index < -0.39 is 27.9 Å². The molecule has 0 aliphatic carbocycles. The van der Waals surface area contributed by atoms with Crippen LogP contribution in [0.1, 0.15) is 25.3 Å². The molecule has 6 nitrogen and oxygen atoms in total. The maximum Gasteiger partial charge on any atom is 0.417 e. The minimum absolute atomic E-state index is 0.0300. The monoisotopic (exact) mass is 499 g/mol. The second-order valence-electron chi connectivity index (χ2n) is 7.18. The van der Waals surface area contributed by atoms with Gasteiger partial charge in [0.25, 0.3) is 0 Å². The third-order valence-electron chi connectivity index (χ3n) is 4.64. The Balaban J connectivity index is 1.76. The molecule has 176 valence electrons. The molecule has 0 unspecified atom stereocenters. The predicted octanol–water partition coefficient (Wildman–Crippen LogP) is 5.74. The topological polar surface area (TPSA) is 71.0 Å². The molecule has 1 aliphatic rings. The van der Waals surface area contributed by atoms with E-state index in [0.717, 1.165) is 30.3 Å². The summed E-state index contributed by atoms with van der Waals surface area (Å²) in [5.41, 5.74) is -0.527. The van der Waals surface area contributed by atoms with E-state index in [9.17, 15) is 22.8 Å². The zero-order chi connectivity index (χ0) is 24.2. The Bertz CT molecular complexity index is 1060. The fourth-order valence-corrected chi connectivity index (χ4v) is 4.17. The molecule has 0 radical (unpaired) electrons. The van der Waals surface area contributed by atoms with Crippen LogP contribution in [0.4, 0.5) is 24.5 Å². The smallest absolute Gasteiger partial charge is 0.417 e. The SMILES string of the molecule is CCCOc1ccc(NC(=O)[C@H]2CC(=O)N(C)C(=Nc3ccc(Cl)c(C(F)(F)F)c3)S2)cc1. The van der Waals surface area contributed by atoms with Gasteiger partial charge in [0.15, 0.2) is 5.17 Å². The number of rotatable bonds is 6. The van der Waals surface area contributed by atoms with Crippen LogP contribution in [0.2, 0.25) is 5.02 Å². The minimum Gasteiger partial charge on any atom is -0.494 e. The van der Waals surface area contributed by atoms with Gasteiger partial charge >= 0.3 is 6.18 Å². The number of hydrogen-bond donors (Lipinski definition) is 1. The van der Waals surface area contributed by atoms with Crippen molar-refractivity contribution in [1.82, 2.24) is 4.90 Å². The predicted molar refractivity (Wildman–Crippen MR) is 123 cm³/mol. The van der Waals surface area contributed by atoms with Gasteiger partial charge in [-0.25, -0.2) is 4.99 Å². The highest BCUT2D eigenvalue weighted by atomic mass is 35.5. The van der Waals surface area contributed by atoms with Crippen LogP contribution in [0.25, 0.3) is 0 Å². The van der Waals surface area contributed by atoms with Crippen LogP contribution in [0.5, 0.6) is 5.75 Å². The Labute approximate surface area is 198 Å². The quantitative estimate of drug-likeness (QED) is 0.550. The van der Waals surface area contributed by atoms with E-state index in [0.29, 0.717) is 18.0 Å². The number of carbonyl (C=O) groups is 2. The molecule has 1 atom stereocenters. The first-order valence-corrected chi connectivity index (χ1v) is 11.3. The summed E-state index contributed by atoms with van der Waals surface area (Å²) in [4.78, 5) is 30.6. The summed E-state index contributed by atoms with van der Waals surface area (Å²) in [5, 5.41) is 1.62. The first kappa shape index (κ1) is 24.9. The van der Waals surface area contributed by atoms with Crippen LogP contribution >= 0.6 is 23.4 Å². The molecule has 1 heterocycles. The van der Waals surface area contributed by atoms with Crippen LogP contribution in [0.3, 0.4) is 0 Å². The van der Waals surface area contributed by atoms with Crippen LogP contribution in [0, 0.1) is 0 Å². The van der Waals surface area contributed by atoms with E-state index in [-0.39, 0.29) is 23.2 Å². The zero-order valence-corrected chi connectivity index (χ0v) is 19.4. The second-order valence-corrected chi connectivity index (χ2v) is 8.76. The van der Waals surface area contributed by atoms with Crippen molar-refractivity contribution in [3.63, 3.8) is 0 Å². The summed E-state index contributed by atoms with van der Waals surface area (Å²) >= 11 is 6.65. The first-order chi connectivity index (χ1) is 15.6. The summed E-state index contributed by atoms with van der Waals surface area (Å²) in [5.74, 6) is -0.112. The fraction of sp³-hybridized carbons (Fsp3) is 0.318. The van der Waals surface area contributed by atoms with Crippen molar-refractivity contribution in [2.24, 2.45) is 4.99 Å². The number of benzene rings is 2. The number of halogens is 4. The van der Waals surface area contributed by atoms with Crippen molar-refractivity contribution in [2.75, 3.05) is 19.0 Å². The Morgan fingerprint density at radius 1 is 1.27 bits per heavy atom. The molecule has 3 rings (SSSR count). The number of amides is 2. The van der Waals surface area contributed by atoms with Crippen LogP contribution < -0.4 is 10.1 Å². The van der Waals surface area contributed by atoms with E-state index >= 15 is 0 Å². The molecule has 1 fully saturated rings. The molecule has 2 aromatic carbocycles. The highest BCUT2D eigenvalue weighted by Crippen LogP contribution is 2.37. The Hall–Kier alpha value is -2.72. The lowest BCUT2D eigenvalue weighted by molar-refractivity contribution is -0.137. The standard InChI is InChI=1S/C22H21ClF3N3O3S/c1-3-10-32-15-7-4-13(5-8-15)27-20(31)18-12-19(30)29(2)21(33-18)28-14-6-9-17(23)16(11-14)22(24,25)26/h4-9,11,18H,3,10,12H2,1-2H3,(H,27,31)/t18-/m1/s1. The van der Waals surface area contributed by atoms with Gasteiger partial charge < -0.3 is 10.1 Å². The summed E-state index contributed by atoms with van der Waals surface area (Å²) in [6.45, 7) is 2.58. The number of nitrogens with one attached hydrogen (secondary N) is 1. The Morgan fingerprint density at radius 3 is 2.61 bits per heavy atom. The molecular weight excluding hydrogens is 479 g/mol. The lowest BCUT2D eigenvalue weighted by atomic mass is 10.2. The molecule has 1 saturated heterocycles. The number of carbonyl (C=O) groups excluding carboxylic acids is 2. The highest BCUT2D eigenvalue weighted by molar-refractivity contribution is 8.15. The minimum atomic E-state index is -4.64. The van der Waals surface area contributed by atoms with Gasteiger partial charge in [0.1, 0.15) is 11.0 Å². The van der Waals surface area contributed by atoms with Gasteiger partial charge in [-0.05, 0) is 48.9 Å². The largest absolute Gasteiger partial charge is 0.494 e. The number of hydrogen-bond acceptors (Lipinski definition) is 5. The highest BCUT2D eigenvalue weighted by Gasteiger charge is 2.35. The van der Waals surface area contributed by atoms with Gasteiger partial charge in [0.05, 0.1) is 22.9 Å².